The number of piperidine rings is 1. The van der Waals surface area contributed by atoms with Gasteiger partial charge in [0.25, 0.3) is 0 Å². The Balaban J connectivity index is 2.68. The zero-order valence-electron chi connectivity index (χ0n) is 13.4. The van der Waals surface area contributed by atoms with E-state index >= 15 is 0 Å². The summed E-state index contributed by atoms with van der Waals surface area (Å²) in [5.74, 6) is -2.29. The molecule has 1 rings (SSSR count). The van der Waals surface area contributed by atoms with Gasteiger partial charge in [-0.1, -0.05) is 13.8 Å². The molecule has 5 nitrogen and oxygen atoms in total. The molecule has 1 fully saturated rings. The molecule has 0 saturated carbocycles. The van der Waals surface area contributed by atoms with Crippen molar-refractivity contribution in [1.29, 1.82) is 0 Å². The maximum atomic E-state index is 12.2. The summed E-state index contributed by atoms with van der Waals surface area (Å²) < 4.78 is 0. The number of rotatable bonds is 4. The van der Waals surface area contributed by atoms with Crippen LogP contribution in [0.1, 0.15) is 54.4 Å². The molecule has 3 N–H and O–H groups in total. The first-order valence-electron chi connectivity index (χ1n) is 7.26. The van der Waals surface area contributed by atoms with Gasteiger partial charge >= 0.3 is 5.97 Å². The third-order valence-electron chi connectivity index (χ3n) is 4.09. The summed E-state index contributed by atoms with van der Waals surface area (Å²) in [6, 6.07) is 0.0807. The van der Waals surface area contributed by atoms with Gasteiger partial charge in [-0.05, 0) is 40.5 Å². The van der Waals surface area contributed by atoms with Gasteiger partial charge in [0.05, 0.1) is 5.92 Å². The third-order valence-corrected chi connectivity index (χ3v) is 4.09. The molecule has 0 radical (unpaired) electrons. The van der Waals surface area contributed by atoms with E-state index in [0.717, 1.165) is 12.8 Å². The summed E-state index contributed by atoms with van der Waals surface area (Å²) in [5, 5.41) is 15.6. The lowest BCUT2D eigenvalue weighted by Crippen LogP contribution is -2.62. The second kappa shape index (κ2) is 5.72. The van der Waals surface area contributed by atoms with Crippen LogP contribution in [-0.2, 0) is 9.59 Å². The highest BCUT2D eigenvalue weighted by Crippen LogP contribution is 2.28. The maximum Gasteiger partial charge on any atom is 0.307 e. The van der Waals surface area contributed by atoms with Gasteiger partial charge in [-0.2, -0.15) is 0 Å². The minimum Gasteiger partial charge on any atom is -0.481 e. The monoisotopic (exact) mass is 284 g/mol. The van der Waals surface area contributed by atoms with E-state index in [0.29, 0.717) is 0 Å². The van der Waals surface area contributed by atoms with E-state index in [4.69, 9.17) is 5.11 Å². The molecule has 2 unspecified atom stereocenters. The Morgan fingerprint density at radius 1 is 1.10 bits per heavy atom. The van der Waals surface area contributed by atoms with Crippen molar-refractivity contribution < 1.29 is 14.7 Å². The molecule has 0 aromatic carbocycles. The number of carbonyl (C=O) groups excluding carboxylic acids is 1. The molecular weight excluding hydrogens is 256 g/mol. The van der Waals surface area contributed by atoms with Gasteiger partial charge < -0.3 is 15.7 Å². The summed E-state index contributed by atoms with van der Waals surface area (Å²) >= 11 is 0. The molecular formula is C15H28N2O3. The first-order chi connectivity index (χ1) is 8.93. The van der Waals surface area contributed by atoms with E-state index < -0.39 is 17.8 Å². The molecule has 20 heavy (non-hydrogen) atoms. The topological polar surface area (TPSA) is 78.4 Å². The molecule has 1 amide bonds. The minimum atomic E-state index is -0.932. The summed E-state index contributed by atoms with van der Waals surface area (Å²) in [7, 11) is 0. The van der Waals surface area contributed by atoms with Crippen LogP contribution in [0.15, 0.2) is 0 Å². The molecule has 116 valence electrons. The molecule has 1 heterocycles. The fourth-order valence-corrected chi connectivity index (χ4v) is 3.20. The average molecular weight is 284 g/mol. The number of carboxylic acid groups (broad SMARTS) is 1. The lowest BCUT2D eigenvalue weighted by molar-refractivity contribution is -0.146. The van der Waals surface area contributed by atoms with Gasteiger partial charge in [0.15, 0.2) is 0 Å². The SMILES string of the molecule is CC(C(=O)O)C(C)C(=O)NC1CC(C)(C)NC(C)(C)C1. The van der Waals surface area contributed by atoms with E-state index in [1.165, 1.54) is 0 Å². The Kier molecular flexibility index (Phi) is 4.85. The first-order valence-corrected chi connectivity index (χ1v) is 7.26. The number of aliphatic carboxylic acids is 1. The van der Waals surface area contributed by atoms with Crippen molar-refractivity contribution in [2.24, 2.45) is 11.8 Å². The second-order valence-corrected chi connectivity index (χ2v) is 7.42. The number of amides is 1. The largest absolute Gasteiger partial charge is 0.481 e. The molecule has 2 atom stereocenters. The zero-order chi connectivity index (χ0) is 15.7. The van der Waals surface area contributed by atoms with Crippen LogP contribution in [0.3, 0.4) is 0 Å². The van der Waals surface area contributed by atoms with Crippen molar-refractivity contribution in [2.45, 2.75) is 71.5 Å². The summed E-state index contributed by atoms with van der Waals surface area (Å²) in [4.78, 5) is 23.1. The van der Waals surface area contributed by atoms with Gasteiger partial charge in [0.2, 0.25) is 5.91 Å². The van der Waals surface area contributed by atoms with Crippen molar-refractivity contribution in [3.05, 3.63) is 0 Å². The van der Waals surface area contributed by atoms with E-state index in [1.54, 1.807) is 13.8 Å². The molecule has 0 aromatic heterocycles. The molecule has 0 aliphatic carbocycles. The molecule has 1 saturated heterocycles. The number of carbonyl (C=O) groups is 2. The minimum absolute atomic E-state index is 0.0403. The smallest absolute Gasteiger partial charge is 0.307 e. The third kappa shape index (κ3) is 4.47. The maximum absolute atomic E-state index is 12.2. The Bertz CT molecular complexity index is 375. The van der Waals surface area contributed by atoms with E-state index in [2.05, 4.69) is 38.3 Å². The Hall–Kier alpha value is -1.10. The number of hydrogen-bond donors (Lipinski definition) is 3. The van der Waals surface area contributed by atoms with Crippen molar-refractivity contribution in [2.75, 3.05) is 0 Å². The van der Waals surface area contributed by atoms with E-state index in [1.807, 2.05) is 0 Å². The Morgan fingerprint density at radius 2 is 1.55 bits per heavy atom. The van der Waals surface area contributed by atoms with Gasteiger partial charge in [-0.15, -0.1) is 0 Å². The van der Waals surface area contributed by atoms with Crippen LogP contribution in [0.5, 0.6) is 0 Å². The van der Waals surface area contributed by atoms with Crippen molar-refractivity contribution >= 4 is 11.9 Å². The van der Waals surface area contributed by atoms with Crippen molar-refractivity contribution in [3.63, 3.8) is 0 Å². The normalized spacial score (nSPS) is 24.7. The lowest BCUT2D eigenvalue weighted by Gasteiger charge is -2.46. The molecule has 0 bridgehead atoms. The molecule has 0 spiro atoms. The predicted molar refractivity (Wildman–Crippen MR) is 78.4 cm³/mol. The zero-order valence-corrected chi connectivity index (χ0v) is 13.4. The Labute approximate surface area is 121 Å². The highest BCUT2D eigenvalue weighted by atomic mass is 16.4. The fraction of sp³-hybridized carbons (Fsp3) is 0.867. The predicted octanol–water partition coefficient (Wildman–Crippen LogP) is 1.77. The van der Waals surface area contributed by atoms with Gasteiger partial charge in [0, 0.05) is 23.0 Å². The summed E-state index contributed by atoms with van der Waals surface area (Å²) in [5.41, 5.74) is -0.0807. The van der Waals surface area contributed by atoms with Gasteiger partial charge in [0.1, 0.15) is 0 Å². The quantitative estimate of drug-likeness (QED) is 0.735. The van der Waals surface area contributed by atoms with Crippen LogP contribution >= 0.6 is 0 Å². The van der Waals surface area contributed by atoms with Gasteiger partial charge in [-0.3, -0.25) is 9.59 Å². The van der Waals surface area contributed by atoms with Crippen molar-refractivity contribution in [1.82, 2.24) is 10.6 Å². The second-order valence-electron chi connectivity index (χ2n) is 7.42. The van der Waals surface area contributed by atoms with Gasteiger partial charge in [-0.25, -0.2) is 0 Å². The number of hydrogen-bond acceptors (Lipinski definition) is 3. The highest BCUT2D eigenvalue weighted by molar-refractivity contribution is 5.84. The summed E-state index contributed by atoms with van der Waals surface area (Å²) in [6.45, 7) is 11.7. The first kappa shape index (κ1) is 17.0. The van der Waals surface area contributed by atoms with Crippen LogP contribution in [0.4, 0.5) is 0 Å². The molecule has 1 aliphatic rings. The van der Waals surface area contributed by atoms with Crippen LogP contribution in [-0.4, -0.2) is 34.1 Å². The fourth-order valence-electron chi connectivity index (χ4n) is 3.20. The standard InChI is InChI=1S/C15H28N2O3/c1-9(10(2)13(19)20)12(18)16-11-7-14(3,4)17-15(5,6)8-11/h9-11,17H,7-8H2,1-6H3,(H,16,18)(H,19,20). The number of nitrogens with one attached hydrogen (secondary N) is 2. The molecule has 5 heteroatoms. The highest BCUT2D eigenvalue weighted by Gasteiger charge is 2.39. The van der Waals surface area contributed by atoms with E-state index in [9.17, 15) is 9.59 Å². The molecule has 1 aliphatic heterocycles. The van der Waals surface area contributed by atoms with Crippen LogP contribution in [0.25, 0.3) is 0 Å². The Morgan fingerprint density at radius 3 is 1.95 bits per heavy atom. The molecule has 0 aromatic rings. The lowest BCUT2D eigenvalue weighted by atomic mass is 9.79. The van der Waals surface area contributed by atoms with Crippen molar-refractivity contribution in [3.8, 4) is 0 Å². The van der Waals surface area contributed by atoms with E-state index in [-0.39, 0.29) is 23.0 Å². The summed E-state index contributed by atoms with van der Waals surface area (Å²) in [6.07, 6.45) is 1.69. The number of carboxylic acids is 1. The van der Waals surface area contributed by atoms with Crippen LogP contribution < -0.4 is 10.6 Å². The average Bonchev–Trinajstić information content (AvgIpc) is 2.22. The van der Waals surface area contributed by atoms with Crippen LogP contribution in [0.2, 0.25) is 0 Å². The van der Waals surface area contributed by atoms with Crippen LogP contribution in [0, 0.1) is 11.8 Å².